The van der Waals surface area contributed by atoms with Crippen LogP contribution in [0.25, 0.3) is 0 Å². The van der Waals surface area contributed by atoms with Gasteiger partial charge in [0.1, 0.15) is 0 Å². The van der Waals surface area contributed by atoms with Gasteiger partial charge in [0, 0.05) is 6.04 Å². The Morgan fingerprint density at radius 2 is 2.16 bits per heavy atom. The van der Waals surface area contributed by atoms with Gasteiger partial charge in [-0.05, 0) is 26.7 Å². The normalized spacial score (nSPS) is 18.2. The zero-order valence-electron chi connectivity index (χ0n) is 11.6. The number of nitrogens with zero attached hydrogens (tertiary/aromatic N) is 2. The maximum atomic E-state index is 12.0. The van der Waals surface area contributed by atoms with E-state index < -0.39 is 0 Å². The Kier molecular flexibility index (Phi) is 4.90. The Balaban J connectivity index is 1.72. The van der Waals surface area contributed by atoms with Crippen LogP contribution in [0.3, 0.4) is 0 Å². The second-order valence-corrected chi connectivity index (χ2v) is 5.18. The van der Waals surface area contributed by atoms with Crippen molar-refractivity contribution in [2.24, 2.45) is 0 Å². The molecule has 1 aromatic heterocycles. The van der Waals surface area contributed by atoms with Crippen LogP contribution in [0.2, 0.25) is 0 Å². The highest BCUT2D eigenvalue weighted by atomic mass is 16.5. The van der Waals surface area contributed by atoms with Gasteiger partial charge < -0.3 is 9.84 Å². The minimum Gasteiger partial charge on any atom is -0.352 e. The van der Waals surface area contributed by atoms with Crippen molar-refractivity contribution in [3.8, 4) is 0 Å². The Hall–Kier alpha value is -1.43. The molecule has 1 amide bonds. The molecular weight excluding hydrogens is 244 g/mol. The average Bonchev–Trinajstić information content (AvgIpc) is 2.83. The molecule has 1 aromatic rings. The molecule has 19 heavy (non-hydrogen) atoms. The van der Waals surface area contributed by atoms with Gasteiger partial charge in [-0.25, -0.2) is 0 Å². The summed E-state index contributed by atoms with van der Waals surface area (Å²) in [6.07, 6.45) is 5.92. The number of rotatable bonds is 5. The molecule has 1 fully saturated rings. The third-order valence-electron chi connectivity index (χ3n) is 3.47. The first-order chi connectivity index (χ1) is 9.15. The van der Waals surface area contributed by atoms with Gasteiger partial charge in [-0.2, -0.15) is 4.98 Å². The van der Waals surface area contributed by atoms with Crippen molar-refractivity contribution >= 4 is 5.91 Å². The fourth-order valence-corrected chi connectivity index (χ4v) is 2.32. The van der Waals surface area contributed by atoms with Crippen molar-refractivity contribution in [1.82, 2.24) is 20.8 Å². The summed E-state index contributed by atoms with van der Waals surface area (Å²) < 4.78 is 4.99. The van der Waals surface area contributed by atoms with Gasteiger partial charge in [-0.1, -0.05) is 24.4 Å². The molecule has 0 aliphatic heterocycles. The van der Waals surface area contributed by atoms with Crippen molar-refractivity contribution in [2.45, 2.75) is 64.6 Å². The molecule has 6 nitrogen and oxygen atoms in total. The molecule has 1 heterocycles. The van der Waals surface area contributed by atoms with Gasteiger partial charge in [-0.3, -0.25) is 10.1 Å². The van der Waals surface area contributed by atoms with Crippen LogP contribution in [-0.2, 0) is 11.3 Å². The molecule has 1 saturated carbocycles. The predicted octanol–water partition coefficient (Wildman–Crippen LogP) is 1.31. The summed E-state index contributed by atoms with van der Waals surface area (Å²) >= 11 is 0. The lowest BCUT2D eigenvalue weighted by atomic mass is 9.95. The molecule has 1 unspecified atom stereocenters. The second kappa shape index (κ2) is 6.65. The highest BCUT2D eigenvalue weighted by Crippen LogP contribution is 2.17. The lowest BCUT2D eigenvalue weighted by Gasteiger charge is -2.24. The van der Waals surface area contributed by atoms with Gasteiger partial charge in [-0.15, -0.1) is 0 Å². The first kappa shape index (κ1) is 14.0. The van der Waals surface area contributed by atoms with E-state index in [9.17, 15) is 4.79 Å². The number of amides is 1. The lowest BCUT2D eigenvalue weighted by Crippen LogP contribution is -2.46. The van der Waals surface area contributed by atoms with Crippen molar-refractivity contribution in [2.75, 3.05) is 0 Å². The number of nitrogens with one attached hydrogen (secondary N) is 2. The second-order valence-electron chi connectivity index (χ2n) is 5.18. The molecule has 6 heteroatoms. The predicted molar refractivity (Wildman–Crippen MR) is 70.4 cm³/mol. The monoisotopic (exact) mass is 266 g/mol. The van der Waals surface area contributed by atoms with Crippen molar-refractivity contribution in [3.63, 3.8) is 0 Å². The molecule has 0 bridgehead atoms. The van der Waals surface area contributed by atoms with Gasteiger partial charge in [0.2, 0.25) is 11.8 Å². The van der Waals surface area contributed by atoms with E-state index in [1.54, 1.807) is 6.92 Å². The minimum absolute atomic E-state index is 0.0446. The van der Waals surface area contributed by atoms with E-state index in [1.165, 1.54) is 19.3 Å². The molecule has 0 saturated heterocycles. The Labute approximate surface area is 113 Å². The van der Waals surface area contributed by atoms with Gasteiger partial charge in [0.15, 0.2) is 5.82 Å². The van der Waals surface area contributed by atoms with Gasteiger partial charge in [0.25, 0.3) is 0 Å². The standard InChI is InChI=1S/C13H22N4O2/c1-9(14-8-12-15-10(2)17-19-12)13(18)16-11-6-4-3-5-7-11/h9,11,14H,3-8H2,1-2H3,(H,16,18). The van der Waals surface area contributed by atoms with Crippen LogP contribution < -0.4 is 10.6 Å². The Bertz CT molecular complexity index is 413. The van der Waals surface area contributed by atoms with Crippen molar-refractivity contribution in [1.29, 1.82) is 0 Å². The fraction of sp³-hybridized carbons (Fsp3) is 0.769. The molecule has 1 aliphatic carbocycles. The third-order valence-corrected chi connectivity index (χ3v) is 3.47. The first-order valence-electron chi connectivity index (χ1n) is 6.98. The fourth-order valence-electron chi connectivity index (χ4n) is 2.32. The molecule has 0 radical (unpaired) electrons. The maximum absolute atomic E-state index is 12.0. The number of aryl methyl sites for hydroxylation is 1. The number of aromatic nitrogens is 2. The van der Waals surface area contributed by atoms with E-state index in [4.69, 9.17) is 4.52 Å². The minimum atomic E-state index is -0.255. The lowest BCUT2D eigenvalue weighted by molar-refractivity contribution is -0.123. The molecule has 0 aromatic carbocycles. The number of hydrogen-bond donors (Lipinski definition) is 2. The summed E-state index contributed by atoms with van der Waals surface area (Å²) in [6.45, 7) is 4.04. The highest BCUT2D eigenvalue weighted by Gasteiger charge is 2.19. The zero-order valence-corrected chi connectivity index (χ0v) is 11.6. The summed E-state index contributed by atoms with van der Waals surface area (Å²) in [5.74, 6) is 1.16. The van der Waals surface area contributed by atoms with Crippen LogP contribution in [0.15, 0.2) is 4.52 Å². The Morgan fingerprint density at radius 3 is 2.79 bits per heavy atom. The van der Waals surface area contributed by atoms with Crippen LogP contribution in [0.1, 0.15) is 50.7 Å². The van der Waals surface area contributed by atoms with Gasteiger partial charge in [0.05, 0.1) is 12.6 Å². The summed E-state index contributed by atoms with van der Waals surface area (Å²) in [5.41, 5.74) is 0. The molecule has 0 spiro atoms. The van der Waals surface area contributed by atoms with E-state index >= 15 is 0 Å². The Morgan fingerprint density at radius 1 is 1.42 bits per heavy atom. The van der Waals surface area contributed by atoms with Crippen molar-refractivity contribution in [3.05, 3.63) is 11.7 Å². The largest absolute Gasteiger partial charge is 0.352 e. The van der Waals surface area contributed by atoms with Crippen LogP contribution in [0, 0.1) is 6.92 Å². The molecule has 1 aliphatic rings. The maximum Gasteiger partial charge on any atom is 0.240 e. The molecule has 2 rings (SSSR count). The molecule has 1 atom stereocenters. The van der Waals surface area contributed by atoms with E-state index in [0.717, 1.165) is 12.8 Å². The van der Waals surface area contributed by atoms with Crippen molar-refractivity contribution < 1.29 is 9.32 Å². The summed E-state index contributed by atoms with van der Waals surface area (Å²) in [5, 5.41) is 9.89. The quantitative estimate of drug-likeness (QED) is 0.840. The van der Waals surface area contributed by atoms with Gasteiger partial charge >= 0.3 is 0 Å². The molecular formula is C13H22N4O2. The van der Waals surface area contributed by atoms with Crippen LogP contribution >= 0.6 is 0 Å². The van der Waals surface area contributed by atoms with E-state index in [-0.39, 0.29) is 11.9 Å². The summed E-state index contributed by atoms with van der Waals surface area (Å²) in [7, 11) is 0. The van der Waals surface area contributed by atoms with E-state index in [0.29, 0.717) is 24.3 Å². The summed E-state index contributed by atoms with van der Waals surface area (Å²) in [4.78, 5) is 16.1. The number of carbonyl (C=O) groups excluding carboxylic acids is 1. The average molecular weight is 266 g/mol. The first-order valence-corrected chi connectivity index (χ1v) is 6.98. The smallest absolute Gasteiger partial charge is 0.240 e. The van der Waals surface area contributed by atoms with Crippen LogP contribution in [0.5, 0.6) is 0 Å². The third kappa shape index (κ3) is 4.31. The van der Waals surface area contributed by atoms with E-state index in [1.807, 2.05) is 6.92 Å². The highest BCUT2D eigenvalue weighted by molar-refractivity contribution is 5.81. The SMILES string of the molecule is Cc1noc(CNC(C)C(=O)NC2CCCCC2)n1. The molecule has 2 N–H and O–H groups in total. The van der Waals surface area contributed by atoms with Crippen LogP contribution in [-0.4, -0.2) is 28.1 Å². The van der Waals surface area contributed by atoms with Crippen LogP contribution in [0.4, 0.5) is 0 Å². The zero-order chi connectivity index (χ0) is 13.7. The van der Waals surface area contributed by atoms with E-state index in [2.05, 4.69) is 20.8 Å². The number of carbonyl (C=O) groups is 1. The molecule has 106 valence electrons. The summed E-state index contributed by atoms with van der Waals surface area (Å²) in [6, 6.07) is 0.0882. The number of hydrogen-bond acceptors (Lipinski definition) is 5. The topological polar surface area (TPSA) is 80.0 Å².